The average Bonchev–Trinajstić information content (AvgIpc) is 3.57. The first-order valence-corrected chi connectivity index (χ1v) is 20.3. The molecule has 15 nitrogen and oxygen atoms in total. The Balaban J connectivity index is 0.803. The molecule has 0 heterocycles. The highest BCUT2D eigenvalue weighted by Gasteiger charge is 2.29. The molecule has 3 aromatic rings. The summed E-state index contributed by atoms with van der Waals surface area (Å²) in [5, 5.41) is 2.71. The average molecular weight is 827 g/mol. The molecule has 326 valence electrons. The summed E-state index contributed by atoms with van der Waals surface area (Å²) in [4.78, 5) is 25.2. The van der Waals surface area contributed by atoms with Crippen molar-refractivity contribution >= 4 is 17.7 Å². The highest BCUT2D eigenvalue weighted by Crippen LogP contribution is 2.44. The van der Waals surface area contributed by atoms with Crippen LogP contribution < -0.4 is 10.1 Å². The van der Waals surface area contributed by atoms with Crippen LogP contribution in [0.25, 0.3) is 11.1 Å². The van der Waals surface area contributed by atoms with Crippen molar-refractivity contribution in [2.45, 2.75) is 12.8 Å². The molecule has 3 aromatic carbocycles. The maximum Gasteiger partial charge on any atom is 0.409 e. The Labute approximate surface area is 348 Å². The van der Waals surface area contributed by atoms with Crippen molar-refractivity contribution in [3.63, 3.8) is 0 Å². The van der Waals surface area contributed by atoms with E-state index < -0.39 is 0 Å². The van der Waals surface area contributed by atoms with Gasteiger partial charge in [0.15, 0.2) is 0 Å². The molecular formula is C44H62N2O13. The quantitative estimate of drug-likeness (QED) is 0.0801. The Morgan fingerprint density at radius 2 is 0.881 bits per heavy atom. The van der Waals surface area contributed by atoms with E-state index in [2.05, 4.69) is 29.6 Å². The summed E-state index contributed by atoms with van der Waals surface area (Å²) in [7, 11) is 1.71. The van der Waals surface area contributed by atoms with Gasteiger partial charge in [0.1, 0.15) is 19.0 Å². The number of nitrogens with one attached hydrogen (secondary N) is 1. The molecule has 4 rings (SSSR count). The Morgan fingerprint density at radius 1 is 0.508 bits per heavy atom. The summed E-state index contributed by atoms with van der Waals surface area (Å²) < 4.78 is 61.0. The predicted octanol–water partition coefficient (Wildman–Crippen LogP) is 5.05. The van der Waals surface area contributed by atoms with Crippen LogP contribution in [-0.4, -0.2) is 163 Å². The molecule has 15 heteroatoms. The lowest BCUT2D eigenvalue weighted by Gasteiger charge is -2.19. The monoisotopic (exact) mass is 826 g/mol. The molecule has 0 saturated heterocycles. The lowest BCUT2D eigenvalue weighted by atomic mass is 9.98. The topological polar surface area (TPSA) is 151 Å². The zero-order chi connectivity index (χ0) is 41.6. The van der Waals surface area contributed by atoms with Gasteiger partial charge >= 0.3 is 6.09 Å². The standard InChI is InChI=1S/C44H62N2O13/c1-36(47)45-37-11-13-38(14-12-37)58-34-33-57-32-31-56-30-29-55-28-27-54-26-25-53-24-23-52-22-21-51-20-19-50-18-17-49-16-15-46(2)44(48)59-35-43-41-9-5-3-7-39(41)40-8-4-6-10-42(40)43/h3-14,43H,15-35H2,1-2H3,(H,45,47). The summed E-state index contributed by atoms with van der Waals surface area (Å²) in [6, 6.07) is 23.7. The third-order valence-corrected chi connectivity index (χ3v) is 8.87. The molecule has 0 spiro atoms. The zero-order valence-corrected chi connectivity index (χ0v) is 34.6. The first kappa shape index (κ1) is 47.5. The lowest BCUT2D eigenvalue weighted by molar-refractivity contribution is -0.114. The third kappa shape index (κ3) is 19.6. The second kappa shape index (κ2) is 30.0. The number of amides is 2. The van der Waals surface area contributed by atoms with Gasteiger partial charge in [-0.3, -0.25) is 4.79 Å². The molecule has 1 aliphatic carbocycles. The number of nitrogens with zero attached hydrogens (tertiary/aromatic N) is 1. The minimum atomic E-state index is -0.368. The third-order valence-electron chi connectivity index (χ3n) is 8.87. The minimum Gasteiger partial charge on any atom is -0.491 e. The molecule has 0 unspecified atom stereocenters. The number of carbonyl (C=O) groups excluding carboxylic acids is 2. The van der Waals surface area contributed by atoms with Crippen LogP contribution in [0.5, 0.6) is 5.75 Å². The van der Waals surface area contributed by atoms with Crippen LogP contribution in [0.15, 0.2) is 72.8 Å². The summed E-state index contributed by atoms with van der Waals surface area (Å²) in [5.74, 6) is 0.635. The maximum atomic E-state index is 12.6. The van der Waals surface area contributed by atoms with Gasteiger partial charge in [0, 0.05) is 32.1 Å². The lowest BCUT2D eigenvalue weighted by Crippen LogP contribution is -2.32. The Hall–Kier alpha value is -4.16. The van der Waals surface area contributed by atoms with E-state index in [9.17, 15) is 9.59 Å². The summed E-state index contributed by atoms with van der Waals surface area (Å²) in [6.07, 6.45) is -0.368. The first-order chi connectivity index (χ1) is 29.0. The van der Waals surface area contributed by atoms with Crippen LogP contribution in [0.2, 0.25) is 0 Å². The maximum absolute atomic E-state index is 12.6. The van der Waals surface area contributed by atoms with Gasteiger partial charge in [0.25, 0.3) is 0 Å². The van der Waals surface area contributed by atoms with Gasteiger partial charge in [0.05, 0.1) is 119 Å². The zero-order valence-electron chi connectivity index (χ0n) is 34.6. The summed E-state index contributed by atoms with van der Waals surface area (Å²) in [6.45, 7) is 11.0. The van der Waals surface area contributed by atoms with E-state index in [0.717, 1.165) is 5.69 Å². The molecule has 0 radical (unpaired) electrons. The molecule has 1 N–H and O–H groups in total. The van der Waals surface area contributed by atoms with E-state index in [-0.39, 0.29) is 17.9 Å². The second-order valence-electron chi connectivity index (χ2n) is 13.3. The molecule has 0 saturated carbocycles. The van der Waals surface area contributed by atoms with Gasteiger partial charge in [-0.1, -0.05) is 48.5 Å². The van der Waals surface area contributed by atoms with Crippen LogP contribution in [0, 0.1) is 0 Å². The van der Waals surface area contributed by atoms with Crippen LogP contribution >= 0.6 is 0 Å². The molecule has 0 bridgehead atoms. The summed E-state index contributed by atoms with van der Waals surface area (Å²) in [5.41, 5.74) is 5.51. The van der Waals surface area contributed by atoms with Crippen molar-refractivity contribution in [2.75, 3.05) is 151 Å². The molecule has 0 fully saturated rings. The van der Waals surface area contributed by atoms with E-state index >= 15 is 0 Å². The number of ether oxygens (including phenoxy) is 11. The smallest absolute Gasteiger partial charge is 0.409 e. The second-order valence-corrected chi connectivity index (χ2v) is 13.3. The van der Waals surface area contributed by atoms with Crippen molar-refractivity contribution in [1.29, 1.82) is 0 Å². The van der Waals surface area contributed by atoms with E-state index in [1.165, 1.54) is 34.1 Å². The number of hydrogen-bond donors (Lipinski definition) is 1. The molecule has 1 aliphatic rings. The fourth-order valence-corrected chi connectivity index (χ4v) is 5.91. The van der Waals surface area contributed by atoms with E-state index in [1.807, 2.05) is 24.3 Å². The van der Waals surface area contributed by atoms with Crippen molar-refractivity contribution in [3.8, 4) is 16.9 Å². The van der Waals surface area contributed by atoms with Crippen LogP contribution in [0.4, 0.5) is 10.5 Å². The first-order valence-electron chi connectivity index (χ1n) is 20.3. The van der Waals surface area contributed by atoms with E-state index in [4.69, 9.17) is 52.1 Å². The molecule has 59 heavy (non-hydrogen) atoms. The number of anilines is 1. The van der Waals surface area contributed by atoms with E-state index in [0.29, 0.717) is 144 Å². The Morgan fingerprint density at radius 3 is 1.29 bits per heavy atom. The predicted molar refractivity (Wildman–Crippen MR) is 221 cm³/mol. The fraction of sp³-hybridized carbons (Fsp3) is 0.545. The van der Waals surface area contributed by atoms with Gasteiger partial charge in [-0.2, -0.15) is 0 Å². The Kier molecular flexibility index (Phi) is 24.1. The number of hydrogen-bond acceptors (Lipinski definition) is 13. The highest BCUT2D eigenvalue weighted by molar-refractivity contribution is 5.88. The number of fused-ring (bicyclic) bond motifs is 3. The van der Waals surface area contributed by atoms with Crippen molar-refractivity contribution in [2.24, 2.45) is 0 Å². The van der Waals surface area contributed by atoms with Crippen molar-refractivity contribution in [1.82, 2.24) is 4.90 Å². The molecular weight excluding hydrogens is 764 g/mol. The number of benzene rings is 3. The van der Waals surface area contributed by atoms with Crippen LogP contribution in [0.3, 0.4) is 0 Å². The number of carbonyl (C=O) groups is 2. The van der Waals surface area contributed by atoms with Gasteiger partial charge < -0.3 is 62.3 Å². The highest BCUT2D eigenvalue weighted by atomic mass is 16.6. The number of rotatable bonds is 34. The van der Waals surface area contributed by atoms with Crippen LogP contribution in [-0.2, 0) is 52.2 Å². The van der Waals surface area contributed by atoms with Gasteiger partial charge in [-0.15, -0.1) is 0 Å². The van der Waals surface area contributed by atoms with Crippen LogP contribution in [0.1, 0.15) is 24.0 Å². The molecule has 0 aromatic heterocycles. The van der Waals surface area contributed by atoms with Gasteiger partial charge in [0.2, 0.25) is 5.91 Å². The van der Waals surface area contributed by atoms with E-state index in [1.54, 1.807) is 31.3 Å². The SMILES string of the molecule is CC(=O)Nc1ccc(OCCOCCOCCOCCOCCOCCOCCOCCOCCOCCN(C)C(=O)OCC2c3ccccc3-c3ccccc32)cc1. The normalized spacial score (nSPS) is 12.0. The van der Waals surface area contributed by atoms with Gasteiger partial charge in [-0.05, 0) is 46.5 Å². The summed E-state index contributed by atoms with van der Waals surface area (Å²) >= 11 is 0. The molecule has 0 aliphatic heterocycles. The number of likely N-dealkylation sites (N-methyl/N-ethyl adjacent to an activating group) is 1. The van der Waals surface area contributed by atoms with Crippen molar-refractivity contribution in [3.05, 3.63) is 83.9 Å². The fourth-order valence-electron chi connectivity index (χ4n) is 5.91. The van der Waals surface area contributed by atoms with Gasteiger partial charge in [-0.25, -0.2) is 4.79 Å². The Bertz CT molecular complexity index is 1530. The molecule has 2 amide bonds. The molecule has 0 atom stereocenters. The minimum absolute atomic E-state index is 0.0343. The largest absolute Gasteiger partial charge is 0.491 e. The van der Waals surface area contributed by atoms with Crippen molar-refractivity contribution < 1.29 is 61.7 Å².